The summed E-state index contributed by atoms with van der Waals surface area (Å²) in [5.74, 6) is -0.495. The molecular formula is C26H34N4O3S. The van der Waals surface area contributed by atoms with Gasteiger partial charge in [0.25, 0.3) is 5.91 Å². The molecule has 8 heteroatoms. The number of hydrogen-bond donors (Lipinski definition) is 0. The Kier molecular flexibility index (Phi) is 7.92. The number of rotatable bonds is 8. The van der Waals surface area contributed by atoms with Crippen LogP contribution in [0.4, 0.5) is 5.13 Å². The van der Waals surface area contributed by atoms with Gasteiger partial charge in [-0.3, -0.25) is 14.4 Å². The van der Waals surface area contributed by atoms with Crippen LogP contribution >= 0.6 is 11.3 Å². The van der Waals surface area contributed by atoms with Crippen molar-refractivity contribution in [3.05, 3.63) is 63.9 Å². The maximum Gasteiger partial charge on any atom is 0.358 e. The van der Waals surface area contributed by atoms with E-state index in [0.717, 1.165) is 11.3 Å². The van der Waals surface area contributed by atoms with Gasteiger partial charge in [0.15, 0.2) is 16.5 Å². The monoisotopic (exact) mass is 482 g/mol. The third-order valence-electron chi connectivity index (χ3n) is 5.38. The van der Waals surface area contributed by atoms with Gasteiger partial charge in [-0.15, -0.1) is 11.3 Å². The number of anilines is 1. The zero-order valence-electron chi connectivity index (χ0n) is 21.1. The second-order valence-electron chi connectivity index (χ2n) is 9.51. The second-order valence-corrected chi connectivity index (χ2v) is 10.7. The fraction of sp³-hybridized carbons (Fsp3) is 0.462. The molecule has 3 rings (SSSR count). The topological polar surface area (TPSA) is 77.3 Å². The number of nitrogens with zero attached hydrogens (tertiary/aromatic N) is 4. The van der Waals surface area contributed by atoms with Crippen LogP contribution in [0.3, 0.4) is 0 Å². The molecule has 2 heterocycles. The molecule has 34 heavy (non-hydrogen) atoms. The first-order chi connectivity index (χ1) is 16.0. The molecule has 0 radical (unpaired) electrons. The highest BCUT2D eigenvalue weighted by atomic mass is 32.1. The number of ether oxygens (including phenoxy) is 1. The molecule has 7 nitrogen and oxygen atoms in total. The van der Waals surface area contributed by atoms with Crippen molar-refractivity contribution in [3.63, 3.8) is 0 Å². The molecule has 1 amide bonds. The fourth-order valence-electron chi connectivity index (χ4n) is 3.64. The van der Waals surface area contributed by atoms with Crippen LogP contribution in [0.25, 0.3) is 0 Å². The molecule has 1 aromatic carbocycles. The summed E-state index contributed by atoms with van der Waals surface area (Å²) in [5.41, 5.74) is 2.48. The maximum absolute atomic E-state index is 13.8. The summed E-state index contributed by atoms with van der Waals surface area (Å²) in [6.45, 7) is 14.7. The zero-order chi connectivity index (χ0) is 25.0. The highest BCUT2D eigenvalue weighted by Gasteiger charge is 2.29. The number of thiazole rings is 1. The van der Waals surface area contributed by atoms with E-state index in [1.54, 1.807) is 11.8 Å². The Labute approximate surface area is 205 Å². The average molecular weight is 483 g/mol. The van der Waals surface area contributed by atoms with Crippen LogP contribution in [0.1, 0.15) is 84.6 Å². The molecule has 3 aromatic rings. The van der Waals surface area contributed by atoms with Crippen LogP contribution in [0, 0.1) is 6.92 Å². The summed E-state index contributed by atoms with van der Waals surface area (Å²) in [4.78, 5) is 33.0. The van der Waals surface area contributed by atoms with Crippen molar-refractivity contribution >= 4 is 28.3 Å². The van der Waals surface area contributed by atoms with E-state index in [4.69, 9.17) is 9.84 Å². The van der Waals surface area contributed by atoms with Gasteiger partial charge in [-0.1, -0.05) is 44.2 Å². The van der Waals surface area contributed by atoms with Crippen molar-refractivity contribution in [1.82, 2.24) is 14.8 Å². The van der Waals surface area contributed by atoms with E-state index in [9.17, 15) is 9.59 Å². The van der Waals surface area contributed by atoms with Crippen LogP contribution in [-0.4, -0.2) is 39.8 Å². The van der Waals surface area contributed by atoms with Gasteiger partial charge in [-0.25, -0.2) is 9.78 Å². The maximum atomic E-state index is 13.8. The standard InChI is InChI=1S/C26H34N4O3S/c1-8-33-24(32)22-18(4)34-25(27-22)29(15-14-19-12-10-9-11-13-19)23(31)20-16-21(17(2)3)30(28-20)26(5,6)7/h9-13,16-17H,8,14-15H2,1-7H3. The van der Waals surface area contributed by atoms with Crippen molar-refractivity contribution in [2.75, 3.05) is 18.1 Å². The van der Waals surface area contributed by atoms with Gasteiger partial charge >= 0.3 is 5.97 Å². The minimum Gasteiger partial charge on any atom is -0.461 e. The molecule has 2 aromatic heterocycles. The van der Waals surface area contributed by atoms with Crippen LogP contribution in [0.5, 0.6) is 0 Å². The smallest absolute Gasteiger partial charge is 0.358 e. The Morgan fingerprint density at radius 3 is 2.41 bits per heavy atom. The molecule has 0 spiro atoms. The number of carbonyl (C=O) groups is 2. The summed E-state index contributed by atoms with van der Waals surface area (Å²) in [7, 11) is 0. The lowest BCUT2D eigenvalue weighted by atomic mass is 10.1. The second kappa shape index (κ2) is 10.5. The molecule has 0 aliphatic rings. The molecule has 0 bridgehead atoms. The van der Waals surface area contributed by atoms with Gasteiger partial charge in [-0.2, -0.15) is 5.10 Å². The van der Waals surface area contributed by atoms with Gasteiger partial charge in [0, 0.05) is 17.1 Å². The average Bonchev–Trinajstić information content (AvgIpc) is 3.39. The number of carbonyl (C=O) groups excluding carboxylic acids is 2. The predicted octanol–water partition coefficient (Wildman–Crippen LogP) is 5.59. The molecule has 0 saturated heterocycles. The highest BCUT2D eigenvalue weighted by molar-refractivity contribution is 7.16. The van der Waals surface area contributed by atoms with Gasteiger partial charge in [-0.05, 0) is 58.6 Å². The first-order valence-corrected chi connectivity index (χ1v) is 12.4. The lowest BCUT2D eigenvalue weighted by Crippen LogP contribution is -2.34. The minimum atomic E-state index is -0.475. The van der Waals surface area contributed by atoms with E-state index >= 15 is 0 Å². The lowest BCUT2D eigenvalue weighted by molar-refractivity contribution is 0.0519. The molecule has 0 unspecified atom stereocenters. The van der Waals surface area contributed by atoms with E-state index in [-0.39, 0.29) is 29.7 Å². The molecule has 182 valence electrons. The van der Waals surface area contributed by atoms with Crippen LogP contribution in [0.2, 0.25) is 0 Å². The fourth-order valence-corrected chi connectivity index (χ4v) is 4.56. The van der Waals surface area contributed by atoms with Crippen molar-refractivity contribution < 1.29 is 14.3 Å². The minimum absolute atomic E-state index is 0.212. The number of aryl methyl sites for hydroxylation is 1. The lowest BCUT2D eigenvalue weighted by Gasteiger charge is -2.24. The van der Waals surface area contributed by atoms with Crippen LogP contribution in [-0.2, 0) is 16.7 Å². The number of hydrogen-bond acceptors (Lipinski definition) is 6. The summed E-state index contributed by atoms with van der Waals surface area (Å²) >= 11 is 1.32. The Hall–Kier alpha value is -3.00. The van der Waals surface area contributed by atoms with E-state index in [1.807, 2.05) is 48.0 Å². The molecule has 0 fully saturated rings. The molecule has 0 N–H and O–H groups in total. The molecule has 0 saturated carbocycles. The van der Waals surface area contributed by atoms with E-state index in [2.05, 4.69) is 39.6 Å². The van der Waals surface area contributed by atoms with Crippen molar-refractivity contribution in [3.8, 4) is 0 Å². The Balaban J connectivity index is 2.01. The highest BCUT2D eigenvalue weighted by Crippen LogP contribution is 2.29. The predicted molar refractivity (Wildman–Crippen MR) is 136 cm³/mol. The number of benzene rings is 1. The van der Waals surface area contributed by atoms with E-state index < -0.39 is 5.97 Å². The Morgan fingerprint density at radius 1 is 1.18 bits per heavy atom. The first kappa shape index (κ1) is 25.6. The number of amides is 1. The van der Waals surface area contributed by atoms with Crippen LogP contribution < -0.4 is 4.90 Å². The Morgan fingerprint density at radius 2 is 1.85 bits per heavy atom. The van der Waals surface area contributed by atoms with Crippen molar-refractivity contribution in [2.45, 2.75) is 66.3 Å². The van der Waals surface area contributed by atoms with E-state index in [1.165, 1.54) is 11.3 Å². The molecule has 0 aliphatic carbocycles. The number of aromatic nitrogens is 3. The van der Waals surface area contributed by atoms with Gasteiger partial charge < -0.3 is 4.74 Å². The largest absolute Gasteiger partial charge is 0.461 e. The first-order valence-electron chi connectivity index (χ1n) is 11.6. The van der Waals surface area contributed by atoms with Crippen molar-refractivity contribution in [2.24, 2.45) is 0 Å². The van der Waals surface area contributed by atoms with Crippen LogP contribution in [0.15, 0.2) is 36.4 Å². The summed E-state index contributed by atoms with van der Waals surface area (Å²) in [6, 6.07) is 11.9. The zero-order valence-corrected chi connectivity index (χ0v) is 21.9. The van der Waals surface area contributed by atoms with Gasteiger partial charge in [0.05, 0.1) is 12.1 Å². The summed E-state index contributed by atoms with van der Waals surface area (Å²) in [5, 5.41) is 5.18. The third-order valence-corrected chi connectivity index (χ3v) is 6.37. The van der Waals surface area contributed by atoms with Crippen molar-refractivity contribution in [1.29, 1.82) is 0 Å². The number of esters is 1. The Bertz CT molecular complexity index is 1140. The molecular weight excluding hydrogens is 448 g/mol. The van der Waals surface area contributed by atoms with Gasteiger partial charge in [0.2, 0.25) is 0 Å². The molecule has 0 atom stereocenters. The SMILES string of the molecule is CCOC(=O)c1nc(N(CCc2ccccc2)C(=O)c2cc(C(C)C)n(C(C)(C)C)n2)sc1C. The molecule has 0 aliphatic heterocycles. The summed E-state index contributed by atoms with van der Waals surface area (Å²) in [6.07, 6.45) is 0.650. The van der Waals surface area contributed by atoms with Gasteiger partial charge in [0.1, 0.15) is 0 Å². The normalized spacial score (nSPS) is 11.6. The summed E-state index contributed by atoms with van der Waals surface area (Å²) < 4.78 is 7.07. The van der Waals surface area contributed by atoms with E-state index in [0.29, 0.717) is 28.7 Å². The third kappa shape index (κ3) is 5.73. The quantitative estimate of drug-likeness (QED) is 0.391.